The molecule has 51 heavy (non-hydrogen) atoms. The van der Waals surface area contributed by atoms with Crippen molar-refractivity contribution in [2.75, 3.05) is 6.54 Å². The predicted octanol–water partition coefficient (Wildman–Crippen LogP) is 2.71. The summed E-state index contributed by atoms with van der Waals surface area (Å²) in [4.78, 5) is 89.7. The second-order valence-corrected chi connectivity index (χ2v) is 13.6. The van der Waals surface area contributed by atoms with Crippen molar-refractivity contribution in [3.63, 3.8) is 0 Å². The average Bonchev–Trinajstić information content (AvgIpc) is 3.70. The molecule has 6 atom stereocenters. The number of aromatic nitrogens is 2. The number of likely N-dealkylation sites (tertiary alicyclic amines) is 1. The van der Waals surface area contributed by atoms with E-state index in [0.717, 1.165) is 12.8 Å². The third-order valence-electron chi connectivity index (χ3n) is 9.35. The largest absolute Gasteiger partial charge is 0.343 e. The van der Waals surface area contributed by atoms with Gasteiger partial charge in [-0.15, -0.1) is 0 Å². The summed E-state index contributed by atoms with van der Waals surface area (Å²) < 4.78 is 27.3. The topological polar surface area (TPSA) is 180 Å². The summed E-state index contributed by atoms with van der Waals surface area (Å²) in [6, 6.07) is 4.75. The van der Waals surface area contributed by atoms with Crippen molar-refractivity contribution in [2.24, 2.45) is 23.7 Å². The van der Waals surface area contributed by atoms with Crippen molar-refractivity contribution in [1.82, 2.24) is 36.1 Å². The minimum atomic E-state index is -3.17. The lowest BCUT2D eigenvalue weighted by Gasteiger charge is -2.33. The molecule has 2 fully saturated rings. The van der Waals surface area contributed by atoms with E-state index >= 15 is 0 Å². The first-order chi connectivity index (χ1) is 24.2. The second kappa shape index (κ2) is 17.2. The number of rotatable bonds is 14. The number of ketones is 1. The van der Waals surface area contributed by atoms with Gasteiger partial charge in [0.1, 0.15) is 23.8 Å². The number of Topliss-reactive ketones (excluding diaryl/α,β-unsaturated/α-hetero) is 1. The quantitative estimate of drug-likeness (QED) is 0.171. The highest BCUT2D eigenvalue weighted by atomic mass is 19.3. The van der Waals surface area contributed by atoms with Gasteiger partial charge in [-0.05, 0) is 49.0 Å². The van der Waals surface area contributed by atoms with Crippen molar-refractivity contribution in [3.05, 3.63) is 72.0 Å². The van der Waals surface area contributed by atoms with Crippen molar-refractivity contribution in [3.8, 4) is 0 Å². The molecule has 0 spiro atoms. The van der Waals surface area contributed by atoms with E-state index in [1.807, 2.05) is 0 Å². The number of hydrogen-bond donors (Lipinski definition) is 4. The number of fused-ring (bicyclic) bond motifs is 1. The molecule has 5 amide bonds. The van der Waals surface area contributed by atoms with Crippen LogP contribution >= 0.6 is 0 Å². The van der Waals surface area contributed by atoms with E-state index in [-0.39, 0.29) is 36.1 Å². The molecule has 1 saturated heterocycles. The number of nitrogens with one attached hydrogen (secondary N) is 4. The maximum atomic E-state index is 14.2. The molecule has 4 N–H and O–H groups in total. The molecular weight excluding hydrogens is 664 g/mol. The van der Waals surface area contributed by atoms with Gasteiger partial charge in [-0.1, -0.05) is 64.4 Å². The normalized spacial score (nSPS) is 20.4. The zero-order valence-corrected chi connectivity index (χ0v) is 29.3. The summed E-state index contributed by atoms with van der Waals surface area (Å²) >= 11 is 0. The Balaban J connectivity index is 1.53. The van der Waals surface area contributed by atoms with Gasteiger partial charge < -0.3 is 26.2 Å². The fourth-order valence-electron chi connectivity index (χ4n) is 6.69. The number of carbonyl (C=O) groups excluding carboxylic acids is 6. The van der Waals surface area contributed by atoms with E-state index in [0.29, 0.717) is 12.0 Å². The van der Waals surface area contributed by atoms with Crippen LogP contribution in [0.4, 0.5) is 8.78 Å². The van der Waals surface area contributed by atoms with Crippen LogP contribution in [0.15, 0.2) is 60.7 Å². The van der Waals surface area contributed by atoms with E-state index in [1.54, 1.807) is 65.0 Å². The Morgan fingerprint density at radius 3 is 2.18 bits per heavy atom. The minimum Gasteiger partial charge on any atom is -0.343 e. The van der Waals surface area contributed by atoms with Gasteiger partial charge in [0.15, 0.2) is 0 Å². The number of halogens is 2. The summed E-state index contributed by atoms with van der Waals surface area (Å²) in [5.41, 5.74) is -0.213. The van der Waals surface area contributed by atoms with Gasteiger partial charge >= 0.3 is 0 Å². The van der Waals surface area contributed by atoms with Crippen LogP contribution in [0.2, 0.25) is 0 Å². The molecule has 13 nitrogen and oxygen atoms in total. The lowest BCUT2D eigenvalue weighted by Crippen LogP contribution is -2.59. The SMILES string of the molecule is CC(C)[C@H](NC(=O)c1cnccn1)C(=O)N[C@H](C(=O)N1CC2CCCC2[C@H]1C(=O)NC(=CC(F)F)C(=O)C(=O)N[C@@H](C)c1ccccc1)C(C)C. The molecule has 1 aromatic heterocycles. The molecule has 2 heterocycles. The predicted molar refractivity (Wildman–Crippen MR) is 181 cm³/mol. The molecule has 2 unspecified atom stereocenters. The Labute approximate surface area is 295 Å². The molecule has 1 saturated carbocycles. The smallest absolute Gasteiger partial charge is 0.294 e. The first-order valence-corrected chi connectivity index (χ1v) is 17.1. The summed E-state index contributed by atoms with van der Waals surface area (Å²) in [5.74, 6) is -6.51. The fourth-order valence-corrected chi connectivity index (χ4v) is 6.69. The summed E-state index contributed by atoms with van der Waals surface area (Å²) in [5, 5.41) is 10.1. The van der Waals surface area contributed by atoms with Gasteiger partial charge in [0.05, 0.1) is 17.9 Å². The van der Waals surface area contributed by atoms with E-state index in [2.05, 4.69) is 31.2 Å². The van der Waals surface area contributed by atoms with Crippen molar-refractivity contribution < 1.29 is 37.5 Å². The van der Waals surface area contributed by atoms with Crippen LogP contribution in [0.1, 0.15) is 76.0 Å². The number of alkyl halides is 2. The van der Waals surface area contributed by atoms with Crippen LogP contribution in [0.3, 0.4) is 0 Å². The average molecular weight is 710 g/mol. The van der Waals surface area contributed by atoms with E-state index < -0.39 is 77.5 Å². The van der Waals surface area contributed by atoms with E-state index in [1.165, 1.54) is 23.5 Å². The Morgan fingerprint density at radius 1 is 0.882 bits per heavy atom. The number of carbonyl (C=O) groups is 6. The first kappa shape index (κ1) is 38.7. The zero-order valence-electron chi connectivity index (χ0n) is 29.3. The molecule has 0 radical (unpaired) electrons. The lowest BCUT2D eigenvalue weighted by molar-refractivity contribution is -0.143. The van der Waals surface area contributed by atoms with Crippen molar-refractivity contribution in [2.45, 2.75) is 84.5 Å². The maximum absolute atomic E-state index is 14.2. The van der Waals surface area contributed by atoms with Gasteiger partial charge in [-0.2, -0.15) is 0 Å². The second-order valence-electron chi connectivity index (χ2n) is 13.6. The highest BCUT2D eigenvalue weighted by molar-refractivity contribution is 6.43. The van der Waals surface area contributed by atoms with Gasteiger partial charge in [0.25, 0.3) is 24.0 Å². The number of nitrogens with zero attached hydrogens (tertiary/aromatic N) is 3. The zero-order chi connectivity index (χ0) is 37.4. The van der Waals surface area contributed by atoms with Gasteiger partial charge in [0, 0.05) is 25.0 Å². The number of allylic oxidation sites excluding steroid dienone is 1. The van der Waals surface area contributed by atoms with Crippen LogP contribution in [-0.2, 0) is 24.0 Å². The van der Waals surface area contributed by atoms with Crippen molar-refractivity contribution >= 4 is 35.3 Å². The van der Waals surface area contributed by atoms with Crippen molar-refractivity contribution in [1.29, 1.82) is 0 Å². The Kier molecular flexibility index (Phi) is 13.1. The van der Waals surface area contributed by atoms with Gasteiger partial charge in [0.2, 0.25) is 17.7 Å². The number of amides is 5. The Bertz CT molecular complexity index is 1620. The Hall–Kier alpha value is -5.08. The first-order valence-electron chi connectivity index (χ1n) is 17.1. The third-order valence-corrected chi connectivity index (χ3v) is 9.35. The fraction of sp³-hybridized carbons (Fsp3) is 0.500. The van der Waals surface area contributed by atoms with Crippen LogP contribution in [0.5, 0.6) is 0 Å². The number of hydrogen-bond acceptors (Lipinski definition) is 8. The number of benzene rings is 1. The lowest BCUT2D eigenvalue weighted by atomic mass is 9.93. The molecule has 2 aliphatic rings. The third kappa shape index (κ3) is 9.58. The molecule has 4 rings (SSSR count). The summed E-state index contributed by atoms with van der Waals surface area (Å²) in [6.45, 7) is 8.68. The van der Waals surface area contributed by atoms with Crippen LogP contribution < -0.4 is 21.3 Å². The molecular formula is C36H45F2N7O6. The van der Waals surface area contributed by atoms with Crippen LogP contribution in [-0.4, -0.2) is 81.3 Å². The van der Waals surface area contributed by atoms with Crippen LogP contribution in [0.25, 0.3) is 0 Å². The minimum absolute atomic E-state index is 0.00632. The molecule has 274 valence electrons. The molecule has 15 heteroatoms. The monoisotopic (exact) mass is 709 g/mol. The van der Waals surface area contributed by atoms with Crippen LogP contribution in [0, 0.1) is 23.7 Å². The highest BCUT2D eigenvalue weighted by Gasteiger charge is 2.51. The van der Waals surface area contributed by atoms with Gasteiger partial charge in [-0.25, -0.2) is 13.8 Å². The van der Waals surface area contributed by atoms with E-state index in [4.69, 9.17) is 0 Å². The maximum Gasteiger partial charge on any atom is 0.294 e. The standard InChI is InChI=1S/C36H45F2N7O6/c1-19(2)28(43-32(47)26-17-39-14-15-40-26)33(48)44-29(20(3)4)36(51)45-18-23-12-9-13-24(23)30(45)34(49)42-25(16-27(37)38)31(46)35(50)41-21(5)22-10-7-6-8-11-22/h6-8,10-11,14-17,19-21,23-24,27-30H,9,12-13,18H2,1-5H3,(H,41,50)(H,42,49)(H,43,47)(H,44,48)/t21-,23?,24?,28-,29-,30-/m0/s1. The van der Waals surface area contributed by atoms with Gasteiger partial charge in [-0.3, -0.25) is 33.8 Å². The molecule has 1 aromatic carbocycles. The summed E-state index contributed by atoms with van der Waals surface area (Å²) in [6.07, 6.45) is 3.12. The molecule has 1 aliphatic heterocycles. The summed E-state index contributed by atoms with van der Waals surface area (Å²) in [7, 11) is 0. The Morgan fingerprint density at radius 2 is 1.57 bits per heavy atom. The molecule has 1 aliphatic carbocycles. The highest BCUT2D eigenvalue weighted by Crippen LogP contribution is 2.42. The molecule has 0 bridgehead atoms. The van der Waals surface area contributed by atoms with E-state index in [9.17, 15) is 37.5 Å². The molecule has 2 aromatic rings.